The highest BCUT2D eigenvalue weighted by molar-refractivity contribution is 6.01. The third-order valence-corrected chi connectivity index (χ3v) is 3.39. The van der Waals surface area contributed by atoms with Gasteiger partial charge >= 0.3 is 6.03 Å². The summed E-state index contributed by atoms with van der Waals surface area (Å²) < 4.78 is 16.2. The maximum absolute atomic E-state index is 12.0. The zero-order valence-electron chi connectivity index (χ0n) is 15.7. The largest absolute Gasteiger partial charge is 0.490 e. The molecule has 0 spiro atoms. The Balaban J connectivity index is 1.89. The fraction of sp³-hybridized carbons (Fsp3) is 0.250. The third-order valence-electron chi connectivity index (χ3n) is 3.39. The molecule has 0 unspecified atom stereocenters. The molecule has 0 radical (unpaired) electrons. The maximum atomic E-state index is 12.0. The van der Waals surface area contributed by atoms with E-state index in [-0.39, 0.29) is 6.61 Å². The molecule has 0 saturated heterocycles. The first-order valence-electron chi connectivity index (χ1n) is 8.69. The molecule has 2 aromatic carbocycles. The van der Waals surface area contributed by atoms with E-state index in [0.29, 0.717) is 41.7 Å². The second kappa shape index (κ2) is 10.4. The first-order valence-corrected chi connectivity index (χ1v) is 8.69. The van der Waals surface area contributed by atoms with Gasteiger partial charge in [-0.1, -0.05) is 6.07 Å². The number of hydrogen-bond acceptors (Lipinski definition) is 6. The predicted molar refractivity (Wildman–Crippen MR) is 103 cm³/mol. The van der Waals surface area contributed by atoms with Crippen LogP contribution in [-0.2, 0) is 4.79 Å². The molecule has 0 bridgehead atoms. The Morgan fingerprint density at radius 1 is 1.00 bits per heavy atom. The summed E-state index contributed by atoms with van der Waals surface area (Å²) in [5, 5.41) is 13.6. The van der Waals surface area contributed by atoms with Gasteiger partial charge in [0, 0.05) is 11.8 Å². The van der Waals surface area contributed by atoms with Gasteiger partial charge in [-0.3, -0.25) is 10.1 Å². The molecule has 0 atom stereocenters. The van der Waals surface area contributed by atoms with Crippen LogP contribution in [0, 0.1) is 11.3 Å². The Morgan fingerprint density at radius 2 is 1.75 bits per heavy atom. The van der Waals surface area contributed by atoms with E-state index in [1.54, 1.807) is 36.4 Å². The van der Waals surface area contributed by atoms with Gasteiger partial charge in [-0.05, 0) is 44.2 Å². The normalized spacial score (nSPS) is 9.75. The first kappa shape index (κ1) is 20.6. The molecule has 0 heterocycles. The molecule has 0 saturated carbocycles. The Labute approximate surface area is 163 Å². The van der Waals surface area contributed by atoms with E-state index in [4.69, 9.17) is 19.5 Å². The van der Waals surface area contributed by atoms with Crippen LogP contribution in [0.1, 0.15) is 19.4 Å². The van der Waals surface area contributed by atoms with Crippen LogP contribution in [0.3, 0.4) is 0 Å². The van der Waals surface area contributed by atoms with Crippen molar-refractivity contribution in [3.63, 3.8) is 0 Å². The molecular formula is C20H21N3O5. The van der Waals surface area contributed by atoms with E-state index >= 15 is 0 Å². The number of nitrogens with zero attached hydrogens (tertiary/aromatic N) is 1. The highest BCUT2D eigenvalue weighted by Crippen LogP contribution is 2.30. The Kier molecular flexibility index (Phi) is 7.66. The fourth-order valence-electron chi connectivity index (χ4n) is 2.26. The lowest BCUT2D eigenvalue weighted by molar-refractivity contribution is -0.121. The molecule has 28 heavy (non-hydrogen) atoms. The van der Waals surface area contributed by atoms with E-state index in [1.165, 1.54) is 6.07 Å². The quantitative estimate of drug-likeness (QED) is 0.725. The van der Waals surface area contributed by atoms with Gasteiger partial charge in [0.05, 0.1) is 24.8 Å². The highest BCUT2D eigenvalue weighted by atomic mass is 16.5. The molecule has 146 valence electrons. The van der Waals surface area contributed by atoms with Crippen molar-refractivity contribution in [1.29, 1.82) is 5.26 Å². The van der Waals surface area contributed by atoms with Crippen LogP contribution >= 0.6 is 0 Å². The van der Waals surface area contributed by atoms with Crippen molar-refractivity contribution in [1.82, 2.24) is 5.32 Å². The first-order chi connectivity index (χ1) is 13.5. The molecule has 3 amide bonds. The van der Waals surface area contributed by atoms with Gasteiger partial charge in [0.1, 0.15) is 5.75 Å². The molecule has 2 N–H and O–H groups in total. The summed E-state index contributed by atoms with van der Waals surface area (Å²) in [5.74, 6) is 0.798. The minimum absolute atomic E-state index is 0.363. The topological polar surface area (TPSA) is 110 Å². The van der Waals surface area contributed by atoms with Gasteiger partial charge in [0.15, 0.2) is 18.1 Å². The SMILES string of the molecule is CCOc1ccc(NC(=O)NC(=O)COc2cccc(C#N)c2)cc1OCC. The minimum atomic E-state index is -0.703. The third kappa shape index (κ3) is 6.21. The van der Waals surface area contributed by atoms with Crippen molar-refractivity contribution >= 4 is 17.6 Å². The zero-order valence-corrected chi connectivity index (χ0v) is 15.7. The van der Waals surface area contributed by atoms with Gasteiger partial charge in [0.2, 0.25) is 0 Å². The summed E-state index contributed by atoms with van der Waals surface area (Å²) in [6.45, 7) is 4.26. The number of nitrogens with one attached hydrogen (secondary N) is 2. The monoisotopic (exact) mass is 383 g/mol. The van der Waals surface area contributed by atoms with Gasteiger partial charge in [-0.25, -0.2) is 4.79 Å². The number of benzene rings is 2. The molecule has 0 aliphatic rings. The van der Waals surface area contributed by atoms with E-state index in [1.807, 2.05) is 19.9 Å². The molecule has 2 rings (SSSR count). The van der Waals surface area contributed by atoms with Crippen LogP contribution < -0.4 is 24.8 Å². The lowest BCUT2D eigenvalue weighted by Gasteiger charge is -2.13. The van der Waals surface area contributed by atoms with Crippen molar-refractivity contribution in [3.8, 4) is 23.3 Å². The molecule has 0 fully saturated rings. The van der Waals surface area contributed by atoms with E-state index in [2.05, 4.69) is 10.6 Å². The second-order valence-electron chi connectivity index (χ2n) is 5.46. The summed E-state index contributed by atoms with van der Waals surface area (Å²) in [5.41, 5.74) is 0.857. The summed E-state index contributed by atoms with van der Waals surface area (Å²) in [4.78, 5) is 23.9. The van der Waals surface area contributed by atoms with Crippen LogP contribution in [-0.4, -0.2) is 31.8 Å². The molecule has 8 nitrogen and oxygen atoms in total. The van der Waals surface area contributed by atoms with E-state index in [9.17, 15) is 9.59 Å². The molecule has 2 aromatic rings. The number of carbonyl (C=O) groups is 2. The number of rotatable bonds is 8. The number of carbonyl (C=O) groups excluding carboxylic acids is 2. The molecular weight excluding hydrogens is 362 g/mol. The Morgan fingerprint density at radius 3 is 2.46 bits per heavy atom. The summed E-state index contributed by atoms with van der Waals surface area (Å²) in [7, 11) is 0. The van der Waals surface area contributed by atoms with Crippen LogP contribution in [0.4, 0.5) is 10.5 Å². The maximum Gasteiger partial charge on any atom is 0.325 e. The van der Waals surface area contributed by atoms with E-state index in [0.717, 1.165) is 0 Å². The van der Waals surface area contributed by atoms with Gasteiger partial charge < -0.3 is 19.5 Å². The summed E-state index contributed by atoms with van der Waals surface area (Å²) in [6, 6.07) is 12.6. The predicted octanol–water partition coefficient (Wildman–Crippen LogP) is 3.08. The van der Waals surface area contributed by atoms with Crippen molar-refractivity contribution in [2.45, 2.75) is 13.8 Å². The van der Waals surface area contributed by atoms with Gasteiger partial charge in [-0.15, -0.1) is 0 Å². The molecule has 8 heteroatoms. The van der Waals surface area contributed by atoms with Gasteiger partial charge in [0.25, 0.3) is 5.91 Å². The fourth-order valence-corrected chi connectivity index (χ4v) is 2.26. The molecule has 0 aliphatic carbocycles. The molecule has 0 aliphatic heterocycles. The van der Waals surface area contributed by atoms with Crippen LogP contribution in [0.5, 0.6) is 17.2 Å². The lowest BCUT2D eigenvalue weighted by atomic mass is 10.2. The number of imide groups is 1. The number of urea groups is 1. The van der Waals surface area contributed by atoms with Crippen molar-refractivity contribution in [2.24, 2.45) is 0 Å². The van der Waals surface area contributed by atoms with Crippen LogP contribution in [0.2, 0.25) is 0 Å². The van der Waals surface area contributed by atoms with Crippen molar-refractivity contribution in [3.05, 3.63) is 48.0 Å². The Bertz CT molecular complexity index is 876. The van der Waals surface area contributed by atoms with Crippen LogP contribution in [0.15, 0.2) is 42.5 Å². The Hall–Kier alpha value is -3.73. The van der Waals surface area contributed by atoms with Crippen LogP contribution in [0.25, 0.3) is 0 Å². The highest BCUT2D eigenvalue weighted by Gasteiger charge is 2.11. The van der Waals surface area contributed by atoms with Gasteiger partial charge in [-0.2, -0.15) is 5.26 Å². The number of amides is 3. The number of anilines is 1. The minimum Gasteiger partial charge on any atom is -0.490 e. The molecule has 0 aromatic heterocycles. The van der Waals surface area contributed by atoms with E-state index < -0.39 is 11.9 Å². The zero-order chi connectivity index (χ0) is 20.4. The summed E-state index contributed by atoms with van der Waals surface area (Å²) in [6.07, 6.45) is 0. The number of ether oxygens (including phenoxy) is 3. The number of hydrogen-bond donors (Lipinski definition) is 2. The van der Waals surface area contributed by atoms with Crippen molar-refractivity contribution in [2.75, 3.05) is 25.1 Å². The number of nitriles is 1. The average molecular weight is 383 g/mol. The lowest BCUT2D eigenvalue weighted by Crippen LogP contribution is -2.37. The summed E-state index contributed by atoms with van der Waals surface area (Å²) >= 11 is 0. The van der Waals surface area contributed by atoms with Crippen molar-refractivity contribution < 1.29 is 23.8 Å². The smallest absolute Gasteiger partial charge is 0.325 e. The average Bonchev–Trinajstić information content (AvgIpc) is 2.69. The standard InChI is InChI=1S/C20H21N3O5/c1-3-26-17-9-8-15(11-18(17)27-4-2)22-20(25)23-19(24)13-28-16-7-5-6-14(10-16)12-21/h5-11H,3-4,13H2,1-2H3,(H2,22,23,24,25). The second-order valence-corrected chi connectivity index (χ2v) is 5.46.